The van der Waals surface area contributed by atoms with Crippen molar-refractivity contribution in [1.29, 1.82) is 0 Å². The highest BCUT2D eigenvalue weighted by atomic mass is 35.5. The number of halogens is 2. The average Bonchev–Trinajstić information content (AvgIpc) is 3.32. The van der Waals surface area contributed by atoms with Gasteiger partial charge in [-0.2, -0.15) is 0 Å². The molecule has 2 aromatic carbocycles. The molecular weight excluding hydrogens is 501 g/mol. The minimum atomic E-state index is -0.447. The van der Waals surface area contributed by atoms with Crippen LogP contribution in [0.2, 0.25) is 5.02 Å². The Kier molecular flexibility index (Phi) is 8.48. The SMILES string of the molecule is CC(C)CN(CC(=O)N1CCc2sccc2C1COc1ccccc1F)C(=O)Nc1cccc(Cl)c1. The third kappa shape index (κ3) is 6.36. The van der Waals surface area contributed by atoms with E-state index in [9.17, 15) is 14.0 Å². The Labute approximate surface area is 219 Å². The van der Waals surface area contributed by atoms with Gasteiger partial charge in [0.25, 0.3) is 0 Å². The molecule has 1 aromatic heterocycles. The Balaban J connectivity index is 1.50. The minimum absolute atomic E-state index is 0.0831. The molecular formula is C27H29ClFN3O3S. The van der Waals surface area contributed by atoms with Crippen LogP contribution in [-0.2, 0) is 11.2 Å². The molecule has 190 valence electrons. The van der Waals surface area contributed by atoms with Crippen LogP contribution in [0.1, 0.15) is 30.3 Å². The van der Waals surface area contributed by atoms with Crippen molar-refractivity contribution >= 4 is 40.6 Å². The highest BCUT2D eigenvalue weighted by Crippen LogP contribution is 2.34. The molecule has 4 rings (SSSR count). The van der Waals surface area contributed by atoms with Crippen LogP contribution in [0, 0.1) is 11.7 Å². The molecule has 0 saturated heterocycles. The maximum absolute atomic E-state index is 14.2. The lowest BCUT2D eigenvalue weighted by Gasteiger charge is -2.37. The second-order valence-corrected chi connectivity index (χ2v) is 10.5. The number of thiophene rings is 1. The molecule has 6 nitrogen and oxygen atoms in total. The molecule has 1 N–H and O–H groups in total. The summed E-state index contributed by atoms with van der Waals surface area (Å²) in [6.45, 7) is 4.94. The third-order valence-corrected chi connectivity index (χ3v) is 7.15. The standard InChI is InChI=1S/C27H29ClFN3O3S/c1-18(2)15-31(27(34)30-20-7-5-6-19(28)14-20)16-26(33)32-12-10-25-21(11-13-36-25)23(32)17-35-24-9-4-3-8-22(24)29/h3-9,11,13-14,18,23H,10,12,15-17H2,1-2H3,(H,30,34). The first-order valence-corrected chi connectivity index (χ1v) is 13.1. The van der Waals surface area contributed by atoms with Gasteiger partial charge in [0.05, 0.1) is 6.04 Å². The van der Waals surface area contributed by atoms with Crippen LogP contribution >= 0.6 is 22.9 Å². The zero-order valence-corrected chi connectivity index (χ0v) is 21.8. The van der Waals surface area contributed by atoms with Gasteiger partial charge < -0.3 is 19.9 Å². The molecule has 0 aliphatic carbocycles. The van der Waals surface area contributed by atoms with Crippen molar-refractivity contribution in [2.75, 3.05) is 31.6 Å². The summed E-state index contributed by atoms with van der Waals surface area (Å²) < 4.78 is 20.0. The number of anilines is 1. The Bertz CT molecular complexity index is 1220. The van der Waals surface area contributed by atoms with Crippen molar-refractivity contribution in [2.24, 2.45) is 5.92 Å². The monoisotopic (exact) mass is 529 g/mol. The molecule has 0 radical (unpaired) electrons. The van der Waals surface area contributed by atoms with Crippen molar-refractivity contribution in [1.82, 2.24) is 9.80 Å². The van der Waals surface area contributed by atoms with Gasteiger partial charge in [-0.05, 0) is 59.7 Å². The first-order chi connectivity index (χ1) is 17.3. The maximum atomic E-state index is 14.2. The molecule has 0 saturated carbocycles. The Hall–Kier alpha value is -3.10. The second-order valence-electron chi connectivity index (χ2n) is 9.11. The summed E-state index contributed by atoms with van der Waals surface area (Å²) >= 11 is 7.69. The van der Waals surface area contributed by atoms with Gasteiger partial charge in [-0.15, -0.1) is 11.3 Å². The van der Waals surface area contributed by atoms with E-state index in [1.807, 2.05) is 25.3 Å². The van der Waals surface area contributed by atoms with Gasteiger partial charge in [-0.25, -0.2) is 9.18 Å². The molecule has 1 atom stereocenters. The van der Waals surface area contributed by atoms with E-state index in [0.29, 0.717) is 23.8 Å². The number of urea groups is 1. The molecule has 2 heterocycles. The van der Waals surface area contributed by atoms with E-state index in [4.69, 9.17) is 16.3 Å². The van der Waals surface area contributed by atoms with Gasteiger partial charge in [0.15, 0.2) is 11.6 Å². The molecule has 0 bridgehead atoms. The van der Waals surface area contributed by atoms with Crippen LogP contribution in [0.4, 0.5) is 14.9 Å². The van der Waals surface area contributed by atoms with Gasteiger partial charge in [-0.3, -0.25) is 4.79 Å². The molecule has 0 spiro atoms. The summed E-state index contributed by atoms with van der Waals surface area (Å²) in [6, 6.07) is 14.4. The predicted octanol–water partition coefficient (Wildman–Crippen LogP) is 6.24. The number of rotatable bonds is 8. The maximum Gasteiger partial charge on any atom is 0.322 e. The van der Waals surface area contributed by atoms with Crippen LogP contribution in [-0.4, -0.2) is 48.0 Å². The molecule has 36 heavy (non-hydrogen) atoms. The van der Waals surface area contributed by atoms with Crippen LogP contribution < -0.4 is 10.1 Å². The number of nitrogens with zero attached hydrogens (tertiary/aromatic N) is 2. The number of nitrogens with one attached hydrogen (secondary N) is 1. The largest absolute Gasteiger partial charge is 0.488 e. The van der Waals surface area contributed by atoms with Crippen LogP contribution in [0.5, 0.6) is 5.75 Å². The van der Waals surface area contributed by atoms with E-state index in [0.717, 1.165) is 12.0 Å². The molecule has 0 fully saturated rings. The van der Waals surface area contributed by atoms with Gasteiger partial charge in [0.1, 0.15) is 13.2 Å². The Morgan fingerprint density at radius 1 is 1.22 bits per heavy atom. The summed E-state index contributed by atoms with van der Waals surface area (Å²) in [6.07, 6.45) is 0.730. The molecule has 1 aliphatic heterocycles. The van der Waals surface area contributed by atoms with Crippen molar-refractivity contribution in [3.63, 3.8) is 0 Å². The number of carbonyl (C=O) groups excluding carboxylic acids is 2. The number of ether oxygens (including phenoxy) is 1. The van der Waals surface area contributed by atoms with Crippen molar-refractivity contribution in [2.45, 2.75) is 26.3 Å². The first kappa shape index (κ1) is 26.0. The lowest BCUT2D eigenvalue weighted by molar-refractivity contribution is -0.135. The summed E-state index contributed by atoms with van der Waals surface area (Å²) in [7, 11) is 0. The lowest BCUT2D eigenvalue weighted by Crippen LogP contribution is -2.49. The molecule has 1 aliphatic rings. The highest BCUT2D eigenvalue weighted by Gasteiger charge is 2.34. The number of hydrogen-bond donors (Lipinski definition) is 1. The van der Waals surface area contributed by atoms with Crippen LogP contribution in [0.3, 0.4) is 0 Å². The fourth-order valence-electron chi connectivity index (χ4n) is 4.29. The van der Waals surface area contributed by atoms with Crippen molar-refractivity contribution < 1.29 is 18.7 Å². The molecule has 1 unspecified atom stereocenters. The lowest BCUT2D eigenvalue weighted by atomic mass is 10.0. The minimum Gasteiger partial charge on any atom is -0.488 e. The molecule has 9 heteroatoms. The predicted molar refractivity (Wildman–Crippen MR) is 141 cm³/mol. The third-order valence-electron chi connectivity index (χ3n) is 5.92. The van der Waals surface area contributed by atoms with Crippen molar-refractivity contribution in [3.05, 3.63) is 81.3 Å². The van der Waals surface area contributed by atoms with Crippen LogP contribution in [0.25, 0.3) is 0 Å². The topological polar surface area (TPSA) is 61.9 Å². The molecule has 3 amide bonds. The quantitative estimate of drug-likeness (QED) is 0.376. The summed E-state index contributed by atoms with van der Waals surface area (Å²) in [4.78, 5) is 31.1. The second kappa shape index (κ2) is 11.8. The zero-order valence-electron chi connectivity index (χ0n) is 20.2. The highest BCUT2D eigenvalue weighted by molar-refractivity contribution is 7.10. The van der Waals surface area contributed by atoms with Crippen LogP contribution in [0.15, 0.2) is 60.0 Å². The van der Waals surface area contributed by atoms with E-state index in [1.165, 1.54) is 15.8 Å². The zero-order chi connectivity index (χ0) is 25.7. The number of fused-ring (bicyclic) bond motifs is 1. The average molecular weight is 530 g/mol. The van der Waals surface area contributed by atoms with Gasteiger partial charge in [0, 0.05) is 28.7 Å². The van der Waals surface area contributed by atoms with Gasteiger partial charge in [0.2, 0.25) is 5.91 Å². The fraction of sp³-hybridized carbons (Fsp3) is 0.333. The Morgan fingerprint density at radius 3 is 2.78 bits per heavy atom. The first-order valence-electron chi connectivity index (χ1n) is 11.9. The van der Waals surface area contributed by atoms with Gasteiger partial charge >= 0.3 is 6.03 Å². The number of carbonyl (C=O) groups is 2. The number of hydrogen-bond acceptors (Lipinski definition) is 4. The van der Waals surface area contributed by atoms with Crippen molar-refractivity contribution in [3.8, 4) is 5.75 Å². The molecule has 3 aromatic rings. The van der Waals surface area contributed by atoms with E-state index >= 15 is 0 Å². The summed E-state index contributed by atoms with van der Waals surface area (Å²) in [5, 5.41) is 5.35. The fourth-order valence-corrected chi connectivity index (χ4v) is 5.41. The van der Waals surface area contributed by atoms with E-state index in [-0.39, 0.29) is 42.8 Å². The number of benzene rings is 2. The number of para-hydroxylation sites is 1. The summed E-state index contributed by atoms with van der Waals surface area (Å²) in [5.74, 6) is -0.323. The number of amides is 3. The summed E-state index contributed by atoms with van der Waals surface area (Å²) in [5.41, 5.74) is 1.57. The van der Waals surface area contributed by atoms with E-state index in [1.54, 1.807) is 58.7 Å². The van der Waals surface area contributed by atoms with E-state index in [2.05, 4.69) is 5.32 Å². The smallest absolute Gasteiger partial charge is 0.322 e. The normalized spacial score (nSPS) is 14.9. The van der Waals surface area contributed by atoms with E-state index < -0.39 is 5.82 Å². The Morgan fingerprint density at radius 2 is 2.03 bits per heavy atom. The van der Waals surface area contributed by atoms with Gasteiger partial charge in [-0.1, -0.05) is 43.6 Å².